The van der Waals surface area contributed by atoms with Gasteiger partial charge in [0.25, 0.3) is 0 Å². The summed E-state index contributed by atoms with van der Waals surface area (Å²) in [6.45, 7) is 5.69. The number of rotatable bonds is 4. The number of fused-ring (bicyclic) bond motifs is 1. The van der Waals surface area contributed by atoms with Crippen LogP contribution in [0, 0.1) is 13.8 Å². The lowest BCUT2D eigenvalue weighted by molar-refractivity contribution is -0.149. The number of esters is 1. The molecule has 6 nitrogen and oxygen atoms in total. The van der Waals surface area contributed by atoms with Crippen molar-refractivity contribution in [3.8, 4) is 0 Å². The fraction of sp³-hybridized carbons (Fsp3) is 0.353. The van der Waals surface area contributed by atoms with E-state index < -0.39 is 6.04 Å². The summed E-state index contributed by atoms with van der Waals surface area (Å²) in [4.78, 5) is 16.8. The smallest absolute Gasteiger partial charge is 0.331 e. The van der Waals surface area contributed by atoms with E-state index in [4.69, 9.17) is 16.3 Å². The molecule has 0 aliphatic heterocycles. The van der Waals surface area contributed by atoms with Gasteiger partial charge in [-0.1, -0.05) is 11.6 Å². The first-order chi connectivity index (χ1) is 11.4. The van der Waals surface area contributed by atoms with E-state index in [2.05, 4.69) is 10.1 Å². The van der Waals surface area contributed by atoms with Crippen molar-refractivity contribution >= 4 is 28.6 Å². The van der Waals surface area contributed by atoms with Crippen molar-refractivity contribution in [3.63, 3.8) is 0 Å². The number of hydrogen-bond donors (Lipinski definition) is 0. The van der Waals surface area contributed by atoms with Gasteiger partial charge in [-0.15, -0.1) is 0 Å². The maximum atomic E-state index is 12.3. The van der Waals surface area contributed by atoms with Gasteiger partial charge in [0, 0.05) is 17.8 Å². The monoisotopic (exact) mass is 346 g/mol. The topological polar surface area (TPSA) is 61.9 Å². The highest BCUT2D eigenvalue weighted by Gasteiger charge is 2.20. The van der Waals surface area contributed by atoms with Crippen LogP contribution < -0.4 is 0 Å². The Morgan fingerprint density at radius 1 is 1.33 bits per heavy atom. The second-order valence-electron chi connectivity index (χ2n) is 5.88. The third-order valence-corrected chi connectivity index (χ3v) is 4.27. The molecule has 0 aliphatic rings. The highest BCUT2D eigenvalue weighted by molar-refractivity contribution is 6.31. The highest BCUT2D eigenvalue weighted by atomic mass is 35.5. The molecular formula is C17H19ClN4O2. The molecule has 0 saturated carbocycles. The Bertz CT molecular complexity index is 913. The van der Waals surface area contributed by atoms with Crippen molar-refractivity contribution in [3.05, 3.63) is 46.5 Å². The molecule has 0 spiro atoms. The van der Waals surface area contributed by atoms with E-state index in [0.717, 1.165) is 22.4 Å². The first-order valence-electron chi connectivity index (χ1n) is 7.67. The molecule has 3 rings (SSSR count). The summed E-state index contributed by atoms with van der Waals surface area (Å²) in [7, 11) is 1.89. The minimum atomic E-state index is -0.483. The molecular weight excluding hydrogens is 328 g/mol. The van der Waals surface area contributed by atoms with Crippen molar-refractivity contribution in [1.29, 1.82) is 0 Å². The molecule has 2 aromatic heterocycles. The molecule has 0 N–H and O–H groups in total. The molecule has 0 radical (unpaired) electrons. The van der Waals surface area contributed by atoms with Crippen LogP contribution in [0.3, 0.4) is 0 Å². The first-order valence-corrected chi connectivity index (χ1v) is 8.05. The summed E-state index contributed by atoms with van der Waals surface area (Å²) in [5.41, 5.74) is 3.52. The summed E-state index contributed by atoms with van der Waals surface area (Å²) < 4.78 is 9.00. The van der Waals surface area contributed by atoms with E-state index in [1.807, 2.05) is 43.7 Å². The molecule has 7 heteroatoms. The van der Waals surface area contributed by atoms with Gasteiger partial charge in [0.15, 0.2) is 0 Å². The van der Waals surface area contributed by atoms with E-state index in [9.17, 15) is 4.79 Å². The van der Waals surface area contributed by atoms with Gasteiger partial charge in [-0.05, 0) is 45.0 Å². The van der Waals surface area contributed by atoms with Crippen molar-refractivity contribution in [2.45, 2.75) is 33.4 Å². The Morgan fingerprint density at radius 3 is 2.75 bits per heavy atom. The molecule has 0 aliphatic carbocycles. The Labute approximate surface area is 145 Å². The number of aryl methyl sites for hydroxylation is 3. The zero-order chi connectivity index (χ0) is 17.4. The molecule has 1 atom stereocenters. The summed E-state index contributed by atoms with van der Waals surface area (Å²) >= 11 is 5.99. The quantitative estimate of drug-likeness (QED) is 0.680. The Kier molecular flexibility index (Phi) is 4.32. The zero-order valence-electron chi connectivity index (χ0n) is 14.1. The summed E-state index contributed by atoms with van der Waals surface area (Å²) in [5.74, 6) is 0.326. The molecule has 24 heavy (non-hydrogen) atoms. The number of carbonyl (C=O) groups is 1. The lowest BCUT2D eigenvalue weighted by atomic mass is 10.3. The van der Waals surface area contributed by atoms with E-state index in [1.165, 1.54) is 0 Å². The molecule has 3 aromatic rings. The van der Waals surface area contributed by atoms with Gasteiger partial charge in [-0.3, -0.25) is 4.68 Å². The third-order valence-electron chi connectivity index (χ3n) is 4.03. The van der Waals surface area contributed by atoms with Crippen LogP contribution in [0.4, 0.5) is 0 Å². The Hall–Kier alpha value is -2.34. The van der Waals surface area contributed by atoms with Crippen LogP contribution in [-0.4, -0.2) is 25.3 Å². The van der Waals surface area contributed by atoms with Gasteiger partial charge < -0.3 is 9.30 Å². The average Bonchev–Trinajstić information content (AvgIpc) is 3.03. The number of hydrogen-bond acceptors (Lipinski definition) is 4. The van der Waals surface area contributed by atoms with Gasteiger partial charge in [-0.25, -0.2) is 9.78 Å². The van der Waals surface area contributed by atoms with E-state index in [-0.39, 0.29) is 12.6 Å². The van der Waals surface area contributed by atoms with Gasteiger partial charge >= 0.3 is 5.97 Å². The third kappa shape index (κ3) is 3.01. The predicted molar refractivity (Wildman–Crippen MR) is 91.9 cm³/mol. The highest BCUT2D eigenvalue weighted by Crippen LogP contribution is 2.20. The lowest BCUT2D eigenvalue weighted by Crippen LogP contribution is -2.21. The van der Waals surface area contributed by atoms with E-state index in [0.29, 0.717) is 10.8 Å². The second-order valence-corrected chi connectivity index (χ2v) is 6.31. The largest absolute Gasteiger partial charge is 0.456 e. The van der Waals surface area contributed by atoms with Crippen molar-refractivity contribution in [1.82, 2.24) is 19.3 Å². The minimum absolute atomic E-state index is 0.102. The van der Waals surface area contributed by atoms with Crippen molar-refractivity contribution < 1.29 is 9.53 Å². The maximum absolute atomic E-state index is 12.3. The Balaban J connectivity index is 1.74. The van der Waals surface area contributed by atoms with Crippen LogP contribution in [0.15, 0.2) is 24.3 Å². The van der Waals surface area contributed by atoms with Crippen LogP contribution >= 0.6 is 11.6 Å². The summed E-state index contributed by atoms with van der Waals surface area (Å²) in [6.07, 6.45) is 0. The number of aromatic nitrogens is 4. The van der Waals surface area contributed by atoms with Gasteiger partial charge in [-0.2, -0.15) is 5.10 Å². The second kappa shape index (κ2) is 6.28. The number of ether oxygens (including phenoxy) is 1. The van der Waals surface area contributed by atoms with E-state index in [1.54, 1.807) is 17.7 Å². The number of halogens is 1. The van der Waals surface area contributed by atoms with Gasteiger partial charge in [0.05, 0.1) is 16.7 Å². The average molecular weight is 347 g/mol. The molecule has 0 amide bonds. The van der Waals surface area contributed by atoms with Crippen LogP contribution in [0.2, 0.25) is 5.02 Å². The van der Waals surface area contributed by atoms with Crippen LogP contribution in [0.25, 0.3) is 11.0 Å². The number of benzene rings is 1. The molecule has 126 valence electrons. The molecule has 2 heterocycles. The summed E-state index contributed by atoms with van der Waals surface area (Å²) in [6, 6.07) is 6.95. The lowest BCUT2D eigenvalue weighted by Gasteiger charge is -2.13. The molecule has 1 unspecified atom stereocenters. The van der Waals surface area contributed by atoms with Crippen molar-refractivity contribution in [2.24, 2.45) is 7.05 Å². The Morgan fingerprint density at radius 2 is 2.08 bits per heavy atom. The SMILES string of the molecule is Cc1cc(C)n(C(C)C(=O)OCc2nc3cc(Cl)ccc3n2C)n1. The fourth-order valence-electron chi connectivity index (χ4n) is 2.75. The minimum Gasteiger partial charge on any atom is -0.456 e. The van der Waals surface area contributed by atoms with Gasteiger partial charge in [0.2, 0.25) is 0 Å². The molecule has 0 fully saturated rings. The number of carbonyl (C=O) groups excluding carboxylic acids is 1. The standard InChI is InChI=1S/C17H19ClN4O2/c1-10-7-11(2)22(20-10)12(3)17(23)24-9-16-19-14-8-13(18)5-6-15(14)21(16)4/h5-8,12H,9H2,1-4H3. The molecule has 0 saturated heterocycles. The first kappa shape index (κ1) is 16.5. The van der Waals surface area contributed by atoms with E-state index >= 15 is 0 Å². The maximum Gasteiger partial charge on any atom is 0.331 e. The van der Waals surface area contributed by atoms with Crippen molar-refractivity contribution in [2.75, 3.05) is 0 Å². The number of imidazole rings is 1. The van der Waals surface area contributed by atoms with Gasteiger partial charge in [0.1, 0.15) is 18.5 Å². The zero-order valence-corrected chi connectivity index (χ0v) is 14.8. The van der Waals surface area contributed by atoms with Crippen LogP contribution in [0.1, 0.15) is 30.2 Å². The predicted octanol–water partition coefficient (Wildman–Crippen LogP) is 3.34. The fourth-order valence-corrected chi connectivity index (χ4v) is 2.91. The molecule has 0 bridgehead atoms. The summed E-state index contributed by atoms with van der Waals surface area (Å²) in [5, 5.41) is 4.96. The normalized spacial score (nSPS) is 12.5. The molecule has 1 aromatic carbocycles. The van der Waals surface area contributed by atoms with Crippen LogP contribution in [0.5, 0.6) is 0 Å². The number of nitrogens with zero attached hydrogens (tertiary/aromatic N) is 4. The van der Waals surface area contributed by atoms with Crippen LogP contribution in [-0.2, 0) is 23.2 Å².